The third kappa shape index (κ3) is 34.6. The van der Waals surface area contributed by atoms with Crippen LogP contribution in [-0.2, 0) is 9.59 Å². The number of terminal acetylenes is 1. The second-order valence-corrected chi connectivity index (χ2v) is 17.5. The van der Waals surface area contributed by atoms with Crippen molar-refractivity contribution in [1.29, 1.82) is 0 Å². The van der Waals surface area contributed by atoms with Crippen LogP contribution in [0.25, 0.3) is 0 Å². The first kappa shape index (κ1) is 58.6. The Morgan fingerprint density at radius 1 is 0.492 bits per heavy atom. The van der Waals surface area contributed by atoms with Crippen LogP contribution in [-0.4, -0.2) is 118 Å². The van der Waals surface area contributed by atoms with Crippen LogP contribution in [0.1, 0.15) is 175 Å². The fraction of sp³-hybridized carbons (Fsp3) is 0.709. The first-order chi connectivity index (χ1) is 31.6. The van der Waals surface area contributed by atoms with Crippen LogP contribution in [0.4, 0.5) is 0 Å². The summed E-state index contributed by atoms with van der Waals surface area (Å²) >= 11 is 0. The predicted octanol–water partition coefficient (Wildman–Crippen LogP) is 6.09. The Bertz CT molecular complexity index is 1740. The van der Waals surface area contributed by atoms with Crippen molar-refractivity contribution in [1.82, 2.24) is 20.4 Å². The Labute approximate surface area is 395 Å². The van der Waals surface area contributed by atoms with Crippen LogP contribution in [0, 0.1) is 83.4 Å². The average Bonchev–Trinajstić information content (AvgIpc) is 3.27. The fourth-order valence-corrected chi connectivity index (χ4v) is 7.87. The topological polar surface area (TPSA) is 146 Å². The summed E-state index contributed by atoms with van der Waals surface area (Å²) in [5, 5.41) is 48.3. The van der Waals surface area contributed by atoms with E-state index in [9.17, 15) is 30.0 Å². The van der Waals surface area contributed by atoms with E-state index in [-0.39, 0.29) is 18.4 Å². The Hall–Kier alpha value is -4.38. The number of nitrogens with zero attached hydrogens (tertiary/aromatic N) is 2. The summed E-state index contributed by atoms with van der Waals surface area (Å²) in [7, 11) is 0. The molecule has 0 spiro atoms. The van der Waals surface area contributed by atoms with Crippen LogP contribution in [0.2, 0.25) is 0 Å². The SMILES string of the molecule is C#CC#CC#CC#CC#CC#CC#CC(O)CN(CCCCC1NC(=O)C(CCCCN(CC(C)O)CC(O)CCCCCCCCCC)NC1=O)CC(O)CCCCCCCCCC. The first-order valence-corrected chi connectivity index (χ1v) is 24.8. The molecule has 0 aromatic heterocycles. The number of rotatable bonds is 36. The number of piperazine rings is 1. The highest BCUT2D eigenvalue weighted by molar-refractivity contribution is 5.96. The van der Waals surface area contributed by atoms with Crippen molar-refractivity contribution in [2.75, 3.05) is 39.3 Å². The number of amides is 2. The monoisotopic (exact) mass is 895 g/mol. The molecular formula is C55H82N4O6. The molecule has 65 heavy (non-hydrogen) atoms. The molecule has 358 valence electrons. The third-order valence-electron chi connectivity index (χ3n) is 11.3. The molecule has 1 saturated heterocycles. The molecule has 1 heterocycles. The minimum atomic E-state index is -0.996. The maximum atomic E-state index is 13.1. The van der Waals surface area contributed by atoms with Crippen molar-refractivity contribution < 1.29 is 30.0 Å². The minimum Gasteiger partial charge on any atom is -0.392 e. The van der Waals surface area contributed by atoms with E-state index in [0.29, 0.717) is 64.8 Å². The van der Waals surface area contributed by atoms with Gasteiger partial charge in [-0.3, -0.25) is 19.4 Å². The quantitative estimate of drug-likeness (QED) is 0.0328. The van der Waals surface area contributed by atoms with E-state index >= 15 is 0 Å². The van der Waals surface area contributed by atoms with Crippen LogP contribution in [0.5, 0.6) is 0 Å². The van der Waals surface area contributed by atoms with Crippen LogP contribution >= 0.6 is 0 Å². The average molecular weight is 895 g/mol. The molecule has 0 bridgehead atoms. The van der Waals surface area contributed by atoms with Gasteiger partial charge in [-0.25, -0.2) is 0 Å². The number of carbonyl (C=O) groups is 2. The molecule has 6 N–H and O–H groups in total. The molecule has 0 saturated carbocycles. The van der Waals surface area contributed by atoms with E-state index in [2.05, 4.69) is 106 Å². The van der Waals surface area contributed by atoms with Gasteiger partial charge < -0.3 is 31.1 Å². The molecule has 0 aromatic rings. The number of hydrogen-bond acceptors (Lipinski definition) is 8. The van der Waals surface area contributed by atoms with Gasteiger partial charge in [-0.15, -0.1) is 6.42 Å². The molecule has 0 aromatic carbocycles. The molecule has 1 aliphatic rings. The third-order valence-corrected chi connectivity index (χ3v) is 11.3. The number of aliphatic hydroxyl groups is 4. The summed E-state index contributed by atoms with van der Waals surface area (Å²) in [5.41, 5.74) is 0. The summed E-state index contributed by atoms with van der Waals surface area (Å²) in [5.74, 6) is 32.3. The Kier molecular flexibility index (Phi) is 37.1. The fourth-order valence-electron chi connectivity index (χ4n) is 7.87. The highest BCUT2D eigenvalue weighted by Crippen LogP contribution is 2.15. The molecule has 1 rings (SSSR count). The lowest BCUT2D eigenvalue weighted by Gasteiger charge is -2.30. The van der Waals surface area contributed by atoms with E-state index < -0.39 is 36.5 Å². The number of carbonyl (C=O) groups excluding carboxylic acids is 2. The van der Waals surface area contributed by atoms with Gasteiger partial charge in [0.05, 0.1) is 18.3 Å². The second kappa shape index (κ2) is 41.1. The molecule has 1 fully saturated rings. The molecule has 2 amide bonds. The van der Waals surface area contributed by atoms with E-state index in [1.807, 2.05) is 4.90 Å². The van der Waals surface area contributed by atoms with E-state index in [4.69, 9.17) is 6.42 Å². The molecule has 6 atom stereocenters. The molecule has 0 aliphatic carbocycles. The van der Waals surface area contributed by atoms with Crippen LogP contribution < -0.4 is 10.6 Å². The lowest BCUT2D eigenvalue weighted by molar-refractivity contribution is -0.137. The van der Waals surface area contributed by atoms with Crippen molar-refractivity contribution in [2.24, 2.45) is 0 Å². The van der Waals surface area contributed by atoms with Gasteiger partial charge in [-0.05, 0) is 142 Å². The second-order valence-electron chi connectivity index (χ2n) is 17.5. The number of unbranched alkanes of at least 4 members (excludes halogenated alkanes) is 16. The molecule has 0 radical (unpaired) electrons. The number of aliphatic hydroxyl groups excluding tert-OH is 4. The normalized spacial score (nSPS) is 15.8. The molecule has 10 heteroatoms. The lowest BCUT2D eigenvalue weighted by Crippen LogP contribution is -2.61. The predicted molar refractivity (Wildman–Crippen MR) is 264 cm³/mol. The minimum absolute atomic E-state index is 0.178. The van der Waals surface area contributed by atoms with Crippen molar-refractivity contribution >= 4 is 11.8 Å². The molecule has 1 aliphatic heterocycles. The Morgan fingerprint density at radius 2 is 0.862 bits per heavy atom. The largest absolute Gasteiger partial charge is 0.392 e. The van der Waals surface area contributed by atoms with Crippen LogP contribution in [0.15, 0.2) is 0 Å². The summed E-state index contributed by atoms with van der Waals surface area (Å²) in [6.45, 7) is 9.09. The van der Waals surface area contributed by atoms with Crippen molar-refractivity contribution in [3.05, 3.63) is 0 Å². The number of hydrogen-bond donors (Lipinski definition) is 6. The summed E-state index contributed by atoms with van der Waals surface area (Å²) in [4.78, 5) is 30.3. The van der Waals surface area contributed by atoms with E-state index in [1.54, 1.807) is 6.92 Å². The summed E-state index contributed by atoms with van der Waals surface area (Å²) in [6, 6.07) is -1.21. The van der Waals surface area contributed by atoms with Gasteiger partial charge in [0.25, 0.3) is 0 Å². The van der Waals surface area contributed by atoms with Gasteiger partial charge in [0, 0.05) is 26.2 Å². The molecule has 10 nitrogen and oxygen atoms in total. The van der Waals surface area contributed by atoms with Gasteiger partial charge in [0.1, 0.15) is 18.2 Å². The Morgan fingerprint density at radius 3 is 1.26 bits per heavy atom. The highest BCUT2D eigenvalue weighted by Gasteiger charge is 2.33. The van der Waals surface area contributed by atoms with Crippen molar-refractivity contribution in [3.63, 3.8) is 0 Å². The van der Waals surface area contributed by atoms with Gasteiger partial charge in [-0.2, -0.15) is 0 Å². The lowest BCUT2D eigenvalue weighted by atomic mass is 10.0. The molecular weight excluding hydrogens is 813 g/mol. The van der Waals surface area contributed by atoms with Crippen LogP contribution in [0.3, 0.4) is 0 Å². The van der Waals surface area contributed by atoms with Gasteiger partial charge >= 0.3 is 0 Å². The van der Waals surface area contributed by atoms with Gasteiger partial charge in [-0.1, -0.05) is 123 Å². The zero-order valence-electron chi connectivity index (χ0n) is 40.3. The van der Waals surface area contributed by atoms with Crippen molar-refractivity contribution in [3.8, 4) is 83.4 Å². The Balaban J connectivity index is 2.61. The highest BCUT2D eigenvalue weighted by atomic mass is 16.3. The smallest absolute Gasteiger partial charge is 0.243 e. The summed E-state index contributed by atoms with van der Waals surface area (Å²) < 4.78 is 0. The zero-order chi connectivity index (χ0) is 47.6. The standard InChI is InChI=1S/C55H82N4O6/c1-5-8-11-14-17-20-21-22-23-26-29-32-39-51(63)47-59(46-50(62)38-31-28-25-19-16-13-10-7-3)43-36-34-41-53-55(65)56-52(54(64)57-53)40-33-35-42-58(44-48(4)60)45-49(61)37-30-27-24-18-15-12-9-6-2/h1,48-53,60-63H,6-7,9-10,12-13,15-16,18-19,24-25,27-28,30-31,33-38,40-47H2,2-4H3,(H,56,65)(H,57,64). The van der Waals surface area contributed by atoms with E-state index in [1.165, 1.54) is 77.0 Å². The first-order valence-electron chi connectivity index (χ1n) is 24.8. The van der Waals surface area contributed by atoms with Crippen molar-refractivity contribution in [2.45, 2.75) is 211 Å². The van der Waals surface area contributed by atoms with Gasteiger partial charge in [0.2, 0.25) is 11.8 Å². The number of nitrogens with one attached hydrogen (secondary N) is 2. The van der Waals surface area contributed by atoms with Gasteiger partial charge in [0.15, 0.2) is 0 Å². The maximum absolute atomic E-state index is 13.1. The summed E-state index contributed by atoms with van der Waals surface area (Å²) in [6.07, 6.45) is 27.1. The molecule has 6 unspecified atom stereocenters. The zero-order valence-corrected chi connectivity index (χ0v) is 40.3. The maximum Gasteiger partial charge on any atom is 0.243 e. The van der Waals surface area contributed by atoms with E-state index in [0.717, 1.165) is 44.9 Å².